The fraction of sp³-hybridized carbons (Fsp3) is 0.0588. The molecule has 0 saturated carbocycles. The third-order valence-electron chi connectivity index (χ3n) is 3.39. The number of aromatic amines is 1. The van der Waals surface area contributed by atoms with Gasteiger partial charge in [0.1, 0.15) is 11.6 Å². The number of hydrogen-bond acceptors (Lipinski definition) is 5. The number of ether oxygens (including phenoxy) is 1. The highest BCUT2D eigenvalue weighted by atomic mass is 32.2. The summed E-state index contributed by atoms with van der Waals surface area (Å²) >= 11 is -2.18. The molecule has 25 heavy (non-hydrogen) atoms. The fourth-order valence-electron chi connectivity index (χ4n) is 2.23. The summed E-state index contributed by atoms with van der Waals surface area (Å²) in [6, 6.07) is 11.9. The molecular formula is C17H12FN2O4S-. The van der Waals surface area contributed by atoms with Crippen LogP contribution in [0.1, 0.15) is 5.56 Å². The molecule has 0 aliphatic carbocycles. The largest absolute Gasteiger partial charge is 0.772 e. The molecule has 2 aromatic carbocycles. The van der Waals surface area contributed by atoms with Crippen LogP contribution in [0.25, 0.3) is 11.1 Å². The minimum Gasteiger partial charge on any atom is -0.772 e. The molecule has 3 aromatic rings. The smallest absolute Gasteiger partial charge is 0.307 e. The van der Waals surface area contributed by atoms with Gasteiger partial charge < -0.3 is 9.29 Å². The van der Waals surface area contributed by atoms with Gasteiger partial charge in [-0.05, 0) is 35.4 Å². The molecule has 0 spiro atoms. The molecule has 1 aromatic heterocycles. The molecule has 1 heterocycles. The Bertz CT molecular complexity index is 956. The molecule has 8 heteroatoms. The van der Waals surface area contributed by atoms with E-state index in [4.69, 9.17) is 4.74 Å². The lowest BCUT2D eigenvalue weighted by molar-refractivity contribution is 0.472. The fourth-order valence-corrected chi connectivity index (χ4v) is 2.70. The zero-order valence-corrected chi connectivity index (χ0v) is 13.6. The van der Waals surface area contributed by atoms with E-state index in [-0.39, 0.29) is 11.5 Å². The Balaban J connectivity index is 1.96. The van der Waals surface area contributed by atoms with Crippen molar-refractivity contribution in [3.8, 4) is 22.6 Å². The lowest BCUT2D eigenvalue weighted by Crippen LogP contribution is -2.11. The normalized spacial score (nSPS) is 11.9. The summed E-state index contributed by atoms with van der Waals surface area (Å²) in [4.78, 5) is 12.1. The zero-order valence-electron chi connectivity index (χ0n) is 12.8. The molecule has 0 aliphatic heterocycles. The van der Waals surface area contributed by atoms with Gasteiger partial charge in [-0.2, -0.15) is 5.10 Å². The van der Waals surface area contributed by atoms with Gasteiger partial charge in [-0.3, -0.25) is 9.00 Å². The molecule has 1 atom stereocenters. The highest BCUT2D eigenvalue weighted by molar-refractivity contribution is 7.78. The van der Waals surface area contributed by atoms with Crippen molar-refractivity contribution in [3.05, 3.63) is 76.5 Å². The average molecular weight is 359 g/mol. The molecule has 0 aliphatic rings. The number of aromatic nitrogens is 2. The molecule has 0 bridgehead atoms. The van der Waals surface area contributed by atoms with Gasteiger partial charge in [0.25, 0.3) is 0 Å². The number of halogens is 1. The van der Waals surface area contributed by atoms with E-state index in [1.807, 2.05) is 0 Å². The summed E-state index contributed by atoms with van der Waals surface area (Å²) in [5.74, 6) is -0.186. The van der Waals surface area contributed by atoms with Crippen molar-refractivity contribution in [2.75, 3.05) is 0 Å². The molecular weight excluding hydrogens is 347 g/mol. The van der Waals surface area contributed by atoms with Gasteiger partial charge in [0, 0.05) is 5.75 Å². The summed E-state index contributed by atoms with van der Waals surface area (Å²) < 4.78 is 40.1. The third-order valence-corrected chi connectivity index (χ3v) is 3.96. The maximum absolute atomic E-state index is 13.0. The van der Waals surface area contributed by atoms with Crippen LogP contribution in [0.4, 0.5) is 4.39 Å². The van der Waals surface area contributed by atoms with Gasteiger partial charge in [0.15, 0.2) is 0 Å². The van der Waals surface area contributed by atoms with Crippen molar-refractivity contribution in [2.45, 2.75) is 5.75 Å². The summed E-state index contributed by atoms with van der Waals surface area (Å²) in [7, 11) is 0. The van der Waals surface area contributed by atoms with Gasteiger partial charge in [-0.25, -0.2) is 9.49 Å². The number of nitrogens with zero attached hydrogens (tertiary/aromatic N) is 1. The quantitative estimate of drug-likeness (QED) is 0.707. The lowest BCUT2D eigenvalue weighted by atomic mass is 10.1. The Labute approximate surface area is 144 Å². The molecule has 0 radical (unpaired) electrons. The first-order chi connectivity index (χ1) is 12.0. The second-order valence-electron chi connectivity index (χ2n) is 5.14. The highest BCUT2D eigenvalue weighted by Crippen LogP contribution is 2.29. The highest BCUT2D eigenvalue weighted by Gasteiger charge is 2.13. The van der Waals surface area contributed by atoms with Crippen LogP contribution in [-0.4, -0.2) is 19.0 Å². The van der Waals surface area contributed by atoms with Crippen LogP contribution in [0, 0.1) is 5.82 Å². The Kier molecular flexibility index (Phi) is 5.01. The molecule has 0 amide bonds. The van der Waals surface area contributed by atoms with Crippen LogP contribution in [0.15, 0.2) is 59.5 Å². The van der Waals surface area contributed by atoms with E-state index in [9.17, 15) is 17.9 Å². The first-order valence-electron chi connectivity index (χ1n) is 7.19. The predicted octanol–water partition coefficient (Wildman–Crippen LogP) is 2.75. The van der Waals surface area contributed by atoms with Crippen LogP contribution in [0.3, 0.4) is 0 Å². The van der Waals surface area contributed by atoms with Crippen LogP contribution in [0.5, 0.6) is 11.5 Å². The molecule has 3 rings (SSSR count). The molecule has 1 unspecified atom stereocenters. The minimum absolute atomic E-state index is 0.0155. The molecule has 0 fully saturated rings. The SMILES string of the molecule is O=c1[nH]ncc(-c2ccc(CS(=O)[O-])cc2)c1Oc1ccc(F)cc1. The van der Waals surface area contributed by atoms with Crippen molar-refractivity contribution in [2.24, 2.45) is 0 Å². The van der Waals surface area contributed by atoms with Crippen molar-refractivity contribution in [1.29, 1.82) is 0 Å². The summed E-state index contributed by atoms with van der Waals surface area (Å²) in [6.45, 7) is 0. The number of nitrogens with one attached hydrogen (secondary N) is 1. The Morgan fingerprint density at radius 3 is 2.44 bits per heavy atom. The average Bonchev–Trinajstić information content (AvgIpc) is 2.59. The Morgan fingerprint density at radius 2 is 1.80 bits per heavy atom. The van der Waals surface area contributed by atoms with E-state index >= 15 is 0 Å². The molecule has 6 nitrogen and oxygen atoms in total. The first kappa shape index (κ1) is 17.0. The van der Waals surface area contributed by atoms with Gasteiger partial charge in [-0.1, -0.05) is 35.3 Å². The van der Waals surface area contributed by atoms with Crippen molar-refractivity contribution >= 4 is 11.1 Å². The van der Waals surface area contributed by atoms with E-state index in [0.29, 0.717) is 22.4 Å². The van der Waals surface area contributed by atoms with Crippen molar-refractivity contribution in [3.63, 3.8) is 0 Å². The van der Waals surface area contributed by atoms with E-state index in [0.717, 1.165) is 0 Å². The van der Waals surface area contributed by atoms with Crippen LogP contribution in [-0.2, 0) is 16.8 Å². The number of benzene rings is 2. The van der Waals surface area contributed by atoms with Crippen LogP contribution < -0.4 is 10.3 Å². The van der Waals surface area contributed by atoms with Crippen LogP contribution in [0.2, 0.25) is 0 Å². The maximum atomic E-state index is 13.0. The number of rotatable bonds is 5. The number of hydrogen-bond donors (Lipinski definition) is 1. The topological polar surface area (TPSA) is 95.1 Å². The van der Waals surface area contributed by atoms with E-state index in [2.05, 4.69) is 10.2 Å². The summed E-state index contributed by atoms with van der Waals surface area (Å²) in [5, 5.41) is 6.06. The van der Waals surface area contributed by atoms with Crippen molar-refractivity contribution < 1.29 is 17.9 Å². The monoisotopic (exact) mass is 359 g/mol. The standard InChI is InChI=1S/C17H13FN2O4S/c18-13-5-7-14(8-6-13)24-16-15(9-19-20-17(16)21)12-3-1-11(2-4-12)10-25(22)23/h1-9H,10H2,(H,20,21)(H,22,23)/p-1. The molecule has 128 valence electrons. The zero-order chi connectivity index (χ0) is 17.8. The van der Waals surface area contributed by atoms with Gasteiger partial charge >= 0.3 is 5.56 Å². The predicted molar refractivity (Wildman–Crippen MR) is 89.4 cm³/mol. The van der Waals surface area contributed by atoms with Crippen molar-refractivity contribution in [1.82, 2.24) is 10.2 Å². The van der Waals surface area contributed by atoms with Crippen LogP contribution >= 0.6 is 0 Å². The van der Waals surface area contributed by atoms with Gasteiger partial charge in [0.2, 0.25) is 5.75 Å². The summed E-state index contributed by atoms with van der Waals surface area (Å²) in [5.41, 5.74) is 1.15. The summed E-state index contributed by atoms with van der Waals surface area (Å²) in [6.07, 6.45) is 1.43. The lowest BCUT2D eigenvalue weighted by Gasteiger charge is -2.11. The maximum Gasteiger partial charge on any atom is 0.307 e. The molecule has 0 saturated heterocycles. The Hall–Kier alpha value is -2.84. The third kappa shape index (κ3) is 4.17. The van der Waals surface area contributed by atoms with E-state index < -0.39 is 22.5 Å². The second kappa shape index (κ2) is 7.37. The first-order valence-corrected chi connectivity index (χ1v) is 8.43. The molecule has 1 N–H and O–H groups in total. The minimum atomic E-state index is -2.18. The Morgan fingerprint density at radius 1 is 1.12 bits per heavy atom. The second-order valence-corrected chi connectivity index (χ2v) is 6.04. The van der Waals surface area contributed by atoms with Gasteiger partial charge in [0.05, 0.1) is 11.8 Å². The van der Waals surface area contributed by atoms with Gasteiger partial charge in [-0.15, -0.1) is 0 Å². The van der Waals surface area contributed by atoms with E-state index in [1.165, 1.54) is 30.5 Å². The van der Waals surface area contributed by atoms with E-state index in [1.54, 1.807) is 24.3 Å². The number of H-pyrrole nitrogens is 1.